The van der Waals surface area contributed by atoms with E-state index in [2.05, 4.69) is 48.5 Å². The maximum atomic E-state index is 3.49. The van der Waals surface area contributed by atoms with Crippen molar-refractivity contribution in [2.45, 2.75) is 39.3 Å². The van der Waals surface area contributed by atoms with E-state index in [1.165, 1.54) is 40.8 Å². The van der Waals surface area contributed by atoms with Crippen LogP contribution in [0.2, 0.25) is 0 Å². The van der Waals surface area contributed by atoms with Gasteiger partial charge in [-0.25, -0.2) is 0 Å². The van der Waals surface area contributed by atoms with E-state index in [1.54, 1.807) is 5.56 Å². The van der Waals surface area contributed by atoms with Gasteiger partial charge in [0.05, 0.1) is 0 Å². The van der Waals surface area contributed by atoms with Crippen molar-refractivity contribution in [3.05, 3.63) is 34.7 Å². The highest BCUT2D eigenvalue weighted by Crippen LogP contribution is 2.33. The van der Waals surface area contributed by atoms with Gasteiger partial charge in [0.25, 0.3) is 0 Å². The summed E-state index contributed by atoms with van der Waals surface area (Å²) in [4.78, 5) is 4.03. The number of rotatable bonds is 7. The molecule has 0 saturated heterocycles. The van der Waals surface area contributed by atoms with Crippen LogP contribution in [-0.4, -0.2) is 25.0 Å². The molecule has 114 valence electrons. The van der Waals surface area contributed by atoms with Crippen molar-refractivity contribution in [1.82, 2.24) is 10.2 Å². The average Bonchev–Trinajstić information content (AvgIpc) is 2.79. The molecular formula is C18H26N2S. The Bertz CT molecular complexity index is 586. The zero-order chi connectivity index (χ0) is 14.7. The Hall–Kier alpha value is -0.900. The fourth-order valence-corrected chi connectivity index (χ4v) is 4.34. The molecule has 1 heterocycles. The van der Waals surface area contributed by atoms with Gasteiger partial charge in [0.2, 0.25) is 0 Å². The van der Waals surface area contributed by atoms with E-state index in [4.69, 9.17) is 0 Å². The molecule has 0 atom stereocenters. The van der Waals surface area contributed by atoms with Crippen LogP contribution < -0.4 is 5.32 Å². The molecule has 21 heavy (non-hydrogen) atoms. The maximum Gasteiger partial charge on any atom is 0.0349 e. The van der Waals surface area contributed by atoms with Crippen molar-refractivity contribution in [3.63, 3.8) is 0 Å². The molecule has 1 aromatic heterocycles. The van der Waals surface area contributed by atoms with Crippen molar-refractivity contribution in [3.8, 4) is 0 Å². The molecule has 1 aliphatic rings. The van der Waals surface area contributed by atoms with Gasteiger partial charge in [0.1, 0.15) is 0 Å². The molecule has 1 fully saturated rings. The Morgan fingerprint density at radius 1 is 1.29 bits per heavy atom. The quantitative estimate of drug-likeness (QED) is 0.823. The van der Waals surface area contributed by atoms with E-state index in [0.29, 0.717) is 0 Å². The van der Waals surface area contributed by atoms with Gasteiger partial charge in [-0.15, -0.1) is 11.3 Å². The van der Waals surface area contributed by atoms with Crippen LogP contribution in [0.1, 0.15) is 36.6 Å². The van der Waals surface area contributed by atoms with Crippen LogP contribution in [0.5, 0.6) is 0 Å². The SMILES string of the molecule is CCNCc1sc2ccccc2c1CN(C)CC1CCC1. The molecular weight excluding hydrogens is 276 g/mol. The highest BCUT2D eigenvalue weighted by molar-refractivity contribution is 7.19. The molecule has 1 saturated carbocycles. The molecule has 2 nitrogen and oxygen atoms in total. The fourth-order valence-electron chi connectivity index (χ4n) is 3.15. The van der Waals surface area contributed by atoms with Crippen molar-refractivity contribution in [1.29, 1.82) is 0 Å². The summed E-state index contributed by atoms with van der Waals surface area (Å²) in [6.45, 7) is 6.55. The van der Waals surface area contributed by atoms with Crippen molar-refractivity contribution in [2.75, 3.05) is 20.1 Å². The number of nitrogens with one attached hydrogen (secondary N) is 1. The first-order valence-electron chi connectivity index (χ1n) is 8.16. The maximum absolute atomic E-state index is 3.49. The average molecular weight is 302 g/mol. The molecule has 0 aliphatic heterocycles. The molecule has 3 rings (SSSR count). The normalized spacial score (nSPS) is 15.8. The summed E-state index contributed by atoms with van der Waals surface area (Å²) in [5.74, 6) is 0.942. The van der Waals surface area contributed by atoms with Gasteiger partial charge in [-0.2, -0.15) is 0 Å². The molecule has 0 radical (unpaired) electrons. The van der Waals surface area contributed by atoms with Gasteiger partial charge >= 0.3 is 0 Å². The predicted octanol–water partition coefficient (Wildman–Crippen LogP) is 4.24. The number of nitrogens with zero attached hydrogens (tertiary/aromatic N) is 1. The van der Waals surface area contributed by atoms with Crippen molar-refractivity contribution < 1.29 is 0 Å². The smallest absolute Gasteiger partial charge is 0.0349 e. The van der Waals surface area contributed by atoms with E-state index in [9.17, 15) is 0 Å². The number of benzene rings is 1. The van der Waals surface area contributed by atoms with E-state index < -0.39 is 0 Å². The second-order valence-corrected chi connectivity index (χ2v) is 7.41. The van der Waals surface area contributed by atoms with E-state index >= 15 is 0 Å². The summed E-state index contributed by atoms with van der Waals surface area (Å²) < 4.78 is 1.43. The fraction of sp³-hybridized carbons (Fsp3) is 0.556. The van der Waals surface area contributed by atoms with Gasteiger partial charge in [-0.3, -0.25) is 0 Å². The lowest BCUT2D eigenvalue weighted by molar-refractivity contribution is 0.200. The van der Waals surface area contributed by atoms with Crippen LogP contribution in [0.25, 0.3) is 10.1 Å². The Morgan fingerprint density at radius 3 is 2.81 bits per heavy atom. The summed E-state index contributed by atoms with van der Waals surface area (Å²) >= 11 is 1.96. The predicted molar refractivity (Wildman–Crippen MR) is 92.9 cm³/mol. The van der Waals surface area contributed by atoms with Crippen LogP contribution in [0.15, 0.2) is 24.3 Å². The molecule has 1 aromatic carbocycles. The molecule has 0 bridgehead atoms. The largest absolute Gasteiger partial charge is 0.312 e. The molecule has 2 aromatic rings. The third-order valence-electron chi connectivity index (χ3n) is 4.54. The lowest BCUT2D eigenvalue weighted by Crippen LogP contribution is -2.29. The lowest BCUT2D eigenvalue weighted by atomic mass is 9.85. The topological polar surface area (TPSA) is 15.3 Å². The van der Waals surface area contributed by atoms with E-state index in [1.807, 2.05) is 11.3 Å². The van der Waals surface area contributed by atoms with E-state index in [0.717, 1.165) is 25.6 Å². The lowest BCUT2D eigenvalue weighted by Gasteiger charge is -2.30. The minimum atomic E-state index is 0.942. The monoisotopic (exact) mass is 302 g/mol. The van der Waals surface area contributed by atoms with Crippen molar-refractivity contribution >= 4 is 21.4 Å². The molecule has 1 aliphatic carbocycles. The summed E-state index contributed by atoms with van der Waals surface area (Å²) in [5.41, 5.74) is 1.54. The van der Waals surface area contributed by atoms with Crippen molar-refractivity contribution in [2.24, 2.45) is 5.92 Å². The van der Waals surface area contributed by atoms with E-state index in [-0.39, 0.29) is 0 Å². The number of hydrogen-bond donors (Lipinski definition) is 1. The minimum absolute atomic E-state index is 0.942. The minimum Gasteiger partial charge on any atom is -0.312 e. The van der Waals surface area contributed by atoms with Crippen LogP contribution in [0.3, 0.4) is 0 Å². The Morgan fingerprint density at radius 2 is 2.10 bits per heavy atom. The first-order valence-corrected chi connectivity index (χ1v) is 8.98. The van der Waals surface area contributed by atoms with Gasteiger partial charge in [0.15, 0.2) is 0 Å². The molecule has 3 heteroatoms. The second kappa shape index (κ2) is 6.91. The standard InChI is InChI=1S/C18H26N2S/c1-3-19-11-18-16(13-20(2)12-14-7-6-8-14)15-9-4-5-10-17(15)21-18/h4-5,9-10,14,19H,3,6-8,11-13H2,1-2H3. The van der Waals surface area contributed by atoms with Crippen LogP contribution in [-0.2, 0) is 13.1 Å². The Labute approximate surface area is 132 Å². The number of hydrogen-bond acceptors (Lipinski definition) is 3. The molecule has 1 N–H and O–H groups in total. The van der Waals surface area contributed by atoms with Crippen LogP contribution in [0.4, 0.5) is 0 Å². The third-order valence-corrected chi connectivity index (χ3v) is 5.75. The highest BCUT2D eigenvalue weighted by atomic mass is 32.1. The number of fused-ring (bicyclic) bond motifs is 1. The van der Waals surface area contributed by atoms with Crippen LogP contribution >= 0.6 is 11.3 Å². The Balaban J connectivity index is 1.79. The highest BCUT2D eigenvalue weighted by Gasteiger charge is 2.20. The second-order valence-electron chi connectivity index (χ2n) is 6.27. The summed E-state index contributed by atoms with van der Waals surface area (Å²) in [6.07, 6.45) is 4.30. The van der Waals surface area contributed by atoms with Gasteiger partial charge in [-0.1, -0.05) is 31.5 Å². The Kier molecular flexibility index (Phi) is 4.94. The third kappa shape index (κ3) is 3.47. The molecule has 0 unspecified atom stereocenters. The summed E-state index contributed by atoms with van der Waals surface area (Å²) in [7, 11) is 2.28. The molecule has 0 amide bonds. The molecule has 0 spiro atoms. The van der Waals surface area contributed by atoms with Gasteiger partial charge in [-0.05, 0) is 49.4 Å². The number of thiophene rings is 1. The summed E-state index contributed by atoms with van der Waals surface area (Å²) in [6, 6.07) is 8.86. The summed E-state index contributed by atoms with van der Waals surface area (Å²) in [5, 5.41) is 4.95. The first kappa shape index (κ1) is 15.0. The van der Waals surface area contributed by atoms with Gasteiger partial charge in [0, 0.05) is 29.2 Å². The van der Waals surface area contributed by atoms with Gasteiger partial charge < -0.3 is 10.2 Å². The zero-order valence-electron chi connectivity index (χ0n) is 13.2. The zero-order valence-corrected chi connectivity index (χ0v) is 14.0. The van der Waals surface area contributed by atoms with Crippen LogP contribution in [0, 0.1) is 5.92 Å². The first-order chi connectivity index (χ1) is 10.3.